The maximum absolute atomic E-state index is 12.0. The summed E-state index contributed by atoms with van der Waals surface area (Å²) in [6, 6.07) is 5.86. The van der Waals surface area contributed by atoms with Gasteiger partial charge in [-0.1, -0.05) is 13.0 Å². The molecule has 1 aromatic heterocycles. The van der Waals surface area contributed by atoms with E-state index in [4.69, 9.17) is 0 Å². The van der Waals surface area contributed by atoms with Crippen molar-refractivity contribution in [3.8, 4) is 0 Å². The second-order valence-corrected chi connectivity index (χ2v) is 4.72. The molecule has 1 aliphatic heterocycles. The van der Waals surface area contributed by atoms with E-state index in [2.05, 4.69) is 29.5 Å². The zero-order valence-electron chi connectivity index (χ0n) is 11.1. The Labute approximate surface area is 126 Å². The van der Waals surface area contributed by atoms with Gasteiger partial charge in [0.15, 0.2) is 0 Å². The molecular formula is C13H21Cl2N3O. The Morgan fingerprint density at radius 2 is 2.11 bits per heavy atom. The molecule has 3 unspecified atom stereocenters. The zero-order chi connectivity index (χ0) is 12.3. The smallest absolute Gasteiger partial charge is 0.270 e. The van der Waals surface area contributed by atoms with Gasteiger partial charge in [0.1, 0.15) is 5.69 Å². The van der Waals surface area contributed by atoms with Crippen molar-refractivity contribution in [3.05, 3.63) is 30.1 Å². The molecule has 3 atom stereocenters. The van der Waals surface area contributed by atoms with Crippen LogP contribution >= 0.6 is 24.8 Å². The minimum absolute atomic E-state index is 0. The van der Waals surface area contributed by atoms with Gasteiger partial charge in [-0.3, -0.25) is 9.78 Å². The van der Waals surface area contributed by atoms with Crippen LogP contribution in [0.3, 0.4) is 0 Å². The van der Waals surface area contributed by atoms with Gasteiger partial charge in [0.2, 0.25) is 0 Å². The quantitative estimate of drug-likeness (QED) is 0.879. The number of piperidine rings is 1. The first-order valence-corrected chi connectivity index (χ1v) is 6.14. The summed E-state index contributed by atoms with van der Waals surface area (Å²) in [6.07, 6.45) is 2.73. The van der Waals surface area contributed by atoms with E-state index in [9.17, 15) is 4.79 Å². The minimum atomic E-state index is -0.0852. The third kappa shape index (κ3) is 4.64. The number of rotatable bonds is 2. The van der Waals surface area contributed by atoms with Gasteiger partial charge < -0.3 is 10.6 Å². The summed E-state index contributed by atoms with van der Waals surface area (Å²) >= 11 is 0. The fourth-order valence-electron chi connectivity index (χ4n) is 2.33. The Bertz CT molecular complexity index is 379. The molecule has 0 bridgehead atoms. The number of nitrogens with zero attached hydrogens (tertiary/aromatic N) is 1. The lowest BCUT2D eigenvalue weighted by Gasteiger charge is -2.35. The number of carbonyl (C=O) groups is 1. The van der Waals surface area contributed by atoms with Crippen molar-refractivity contribution >= 4 is 30.7 Å². The van der Waals surface area contributed by atoms with Crippen LogP contribution in [0, 0.1) is 5.92 Å². The summed E-state index contributed by atoms with van der Waals surface area (Å²) in [5, 5.41) is 6.45. The Balaban J connectivity index is 0.00000162. The highest BCUT2D eigenvalue weighted by Gasteiger charge is 2.28. The summed E-state index contributed by atoms with van der Waals surface area (Å²) in [5.41, 5.74) is 0.484. The number of aromatic nitrogens is 1. The van der Waals surface area contributed by atoms with Crippen molar-refractivity contribution in [2.45, 2.75) is 32.4 Å². The maximum Gasteiger partial charge on any atom is 0.270 e. The van der Waals surface area contributed by atoms with Crippen LogP contribution in [0.15, 0.2) is 24.4 Å². The average Bonchev–Trinajstić information content (AvgIpc) is 2.35. The third-order valence-corrected chi connectivity index (χ3v) is 3.41. The second kappa shape index (κ2) is 8.35. The van der Waals surface area contributed by atoms with E-state index in [1.165, 1.54) is 0 Å². The molecule has 2 heterocycles. The van der Waals surface area contributed by atoms with Crippen molar-refractivity contribution in [2.75, 3.05) is 6.54 Å². The third-order valence-electron chi connectivity index (χ3n) is 3.41. The first-order chi connectivity index (χ1) is 8.18. The van der Waals surface area contributed by atoms with Crippen molar-refractivity contribution in [1.82, 2.24) is 15.6 Å². The number of hydrogen-bond acceptors (Lipinski definition) is 3. The van der Waals surface area contributed by atoms with Gasteiger partial charge in [-0.2, -0.15) is 0 Å². The zero-order valence-corrected chi connectivity index (χ0v) is 12.8. The fraction of sp³-hybridized carbons (Fsp3) is 0.538. The van der Waals surface area contributed by atoms with E-state index >= 15 is 0 Å². The maximum atomic E-state index is 12.0. The monoisotopic (exact) mass is 305 g/mol. The minimum Gasteiger partial charge on any atom is -0.346 e. The van der Waals surface area contributed by atoms with E-state index < -0.39 is 0 Å². The summed E-state index contributed by atoms with van der Waals surface area (Å²) in [7, 11) is 0. The number of halogens is 2. The van der Waals surface area contributed by atoms with Crippen LogP contribution in [0.25, 0.3) is 0 Å². The lowest BCUT2D eigenvalue weighted by molar-refractivity contribution is 0.0892. The molecule has 4 nitrogen and oxygen atoms in total. The Hall–Kier alpha value is -0.840. The molecule has 0 aliphatic carbocycles. The molecule has 6 heteroatoms. The Morgan fingerprint density at radius 3 is 2.68 bits per heavy atom. The van der Waals surface area contributed by atoms with Gasteiger partial charge in [0, 0.05) is 18.3 Å². The predicted octanol–water partition coefficient (Wildman–Crippen LogP) is 2.04. The first kappa shape index (κ1) is 18.2. The van der Waals surface area contributed by atoms with Gasteiger partial charge in [-0.25, -0.2) is 0 Å². The lowest BCUT2D eigenvalue weighted by Crippen LogP contribution is -2.56. The second-order valence-electron chi connectivity index (χ2n) is 4.72. The van der Waals surface area contributed by atoms with Crippen molar-refractivity contribution < 1.29 is 4.79 Å². The molecule has 1 aliphatic rings. The average molecular weight is 306 g/mol. The van der Waals surface area contributed by atoms with E-state index in [0.29, 0.717) is 17.7 Å². The van der Waals surface area contributed by atoms with E-state index in [1.54, 1.807) is 12.3 Å². The van der Waals surface area contributed by atoms with Crippen LogP contribution in [0.2, 0.25) is 0 Å². The SMILES string of the molecule is CC1CCNC(C)C1NC(=O)c1ccccn1.Cl.Cl. The van der Waals surface area contributed by atoms with Crippen LogP contribution in [-0.4, -0.2) is 29.5 Å². The normalized spacial score (nSPS) is 25.7. The fourth-order valence-corrected chi connectivity index (χ4v) is 2.33. The predicted molar refractivity (Wildman–Crippen MR) is 81.2 cm³/mol. The topological polar surface area (TPSA) is 54.0 Å². The molecule has 0 saturated carbocycles. The van der Waals surface area contributed by atoms with Crippen LogP contribution in [-0.2, 0) is 0 Å². The Kier molecular flexibility index (Phi) is 7.99. The van der Waals surface area contributed by atoms with Crippen molar-refractivity contribution in [3.63, 3.8) is 0 Å². The van der Waals surface area contributed by atoms with Crippen LogP contribution < -0.4 is 10.6 Å². The molecule has 2 rings (SSSR count). The van der Waals surface area contributed by atoms with Crippen LogP contribution in [0.4, 0.5) is 0 Å². The van der Waals surface area contributed by atoms with Gasteiger partial charge in [-0.15, -0.1) is 24.8 Å². The molecule has 1 saturated heterocycles. The van der Waals surface area contributed by atoms with Crippen molar-refractivity contribution in [2.24, 2.45) is 5.92 Å². The standard InChI is InChI=1S/C13H19N3O.2ClH/c1-9-6-8-14-10(2)12(9)16-13(17)11-5-3-4-7-15-11;;/h3-5,7,9-10,12,14H,6,8H2,1-2H3,(H,16,17);2*1H. The van der Waals surface area contributed by atoms with E-state index in [1.807, 2.05) is 12.1 Å². The number of nitrogens with one attached hydrogen (secondary N) is 2. The molecule has 108 valence electrons. The highest BCUT2D eigenvalue weighted by atomic mass is 35.5. The Morgan fingerprint density at radius 1 is 1.37 bits per heavy atom. The summed E-state index contributed by atoms with van der Waals surface area (Å²) < 4.78 is 0. The first-order valence-electron chi connectivity index (χ1n) is 6.14. The molecule has 1 fully saturated rings. The molecule has 2 N–H and O–H groups in total. The highest BCUT2D eigenvalue weighted by Crippen LogP contribution is 2.16. The van der Waals surface area contributed by atoms with Crippen LogP contribution in [0.1, 0.15) is 30.8 Å². The molecule has 1 amide bonds. The molecule has 0 aromatic carbocycles. The number of amides is 1. The largest absolute Gasteiger partial charge is 0.346 e. The highest BCUT2D eigenvalue weighted by molar-refractivity contribution is 5.92. The number of hydrogen-bond donors (Lipinski definition) is 2. The van der Waals surface area contributed by atoms with Crippen molar-refractivity contribution in [1.29, 1.82) is 0 Å². The molecule has 0 spiro atoms. The van der Waals surface area contributed by atoms with Gasteiger partial charge in [0.25, 0.3) is 5.91 Å². The van der Waals surface area contributed by atoms with Gasteiger partial charge in [-0.05, 0) is 37.9 Å². The molecule has 19 heavy (non-hydrogen) atoms. The number of pyridine rings is 1. The lowest BCUT2D eigenvalue weighted by atomic mass is 9.89. The van der Waals surface area contributed by atoms with Gasteiger partial charge >= 0.3 is 0 Å². The summed E-state index contributed by atoms with van der Waals surface area (Å²) in [4.78, 5) is 16.1. The van der Waals surface area contributed by atoms with E-state index in [-0.39, 0.29) is 36.8 Å². The molecular weight excluding hydrogens is 285 g/mol. The molecule has 0 radical (unpaired) electrons. The number of carbonyl (C=O) groups excluding carboxylic acids is 1. The van der Waals surface area contributed by atoms with Gasteiger partial charge in [0.05, 0.1) is 0 Å². The van der Waals surface area contributed by atoms with Crippen LogP contribution in [0.5, 0.6) is 0 Å². The summed E-state index contributed by atoms with van der Waals surface area (Å²) in [5.74, 6) is 0.414. The molecule has 1 aromatic rings. The summed E-state index contributed by atoms with van der Waals surface area (Å²) in [6.45, 7) is 5.32. The van der Waals surface area contributed by atoms with E-state index in [0.717, 1.165) is 13.0 Å².